The summed E-state index contributed by atoms with van der Waals surface area (Å²) in [6.07, 6.45) is 0.323. The molecule has 0 aliphatic rings. The van der Waals surface area contributed by atoms with Gasteiger partial charge in [-0.05, 0) is 29.2 Å². The molecule has 0 aliphatic carbocycles. The van der Waals surface area contributed by atoms with Crippen LogP contribution in [0.1, 0.15) is 41.1 Å². The van der Waals surface area contributed by atoms with Crippen LogP contribution in [0.5, 0.6) is 0 Å². The number of carbonyl (C=O) groups is 1. The maximum atomic E-state index is 12.5. The van der Waals surface area contributed by atoms with Gasteiger partial charge in [0.25, 0.3) is 5.56 Å². The zero-order valence-electron chi connectivity index (χ0n) is 13.2. The standard InChI is InChI=1S/C19H18N2O2/c1-12(10-18(22)17-11-19(23)21-13(2)20-17)15-9-5-7-14-6-3-4-8-16(14)15/h3-9,11-12H,10H2,1-2H3,(H,20,21,23)/t12-/m0/s1. The number of aryl methyl sites for hydroxylation is 1. The molecule has 2 aromatic carbocycles. The largest absolute Gasteiger partial charge is 0.311 e. The van der Waals surface area contributed by atoms with E-state index in [1.165, 1.54) is 6.07 Å². The number of aromatic nitrogens is 2. The van der Waals surface area contributed by atoms with E-state index in [4.69, 9.17) is 0 Å². The van der Waals surface area contributed by atoms with Crippen LogP contribution in [-0.2, 0) is 0 Å². The molecule has 0 saturated heterocycles. The van der Waals surface area contributed by atoms with Crippen LogP contribution in [0, 0.1) is 6.92 Å². The second-order valence-electron chi connectivity index (χ2n) is 5.81. The molecule has 3 rings (SSSR count). The number of H-pyrrole nitrogens is 1. The molecule has 116 valence electrons. The van der Waals surface area contributed by atoms with Gasteiger partial charge in [-0.1, -0.05) is 49.4 Å². The fourth-order valence-corrected chi connectivity index (χ4v) is 2.90. The number of nitrogens with zero attached hydrogens (tertiary/aromatic N) is 1. The molecule has 4 nitrogen and oxygen atoms in total. The first-order valence-electron chi connectivity index (χ1n) is 7.63. The average molecular weight is 306 g/mol. The molecule has 4 heteroatoms. The third-order valence-corrected chi connectivity index (χ3v) is 3.99. The van der Waals surface area contributed by atoms with Gasteiger partial charge in [0, 0.05) is 12.5 Å². The smallest absolute Gasteiger partial charge is 0.251 e. The van der Waals surface area contributed by atoms with Gasteiger partial charge in [0.15, 0.2) is 5.78 Å². The van der Waals surface area contributed by atoms with E-state index in [0.717, 1.165) is 16.3 Å². The Bertz CT molecular complexity index is 923. The van der Waals surface area contributed by atoms with Gasteiger partial charge in [-0.3, -0.25) is 9.59 Å². The van der Waals surface area contributed by atoms with Crippen molar-refractivity contribution in [2.24, 2.45) is 0 Å². The van der Waals surface area contributed by atoms with Gasteiger partial charge in [-0.25, -0.2) is 4.98 Å². The fourth-order valence-electron chi connectivity index (χ4n) is 2.90. The molecule has 1 atom stereocenters. The first-order chi connectivity index (χ1) is 11.0. The van der Waals surface area contributed by atoms with Gasteiger partial charge in [0.05, 0.1) is 0 Å². The average Bonchev–Trinajstić information content (AvgIpc) is 2.53. The highest BCUT2D eigenvalue weighted by molar-refractivity contribution is 5.95. The molecule has 0 saturated carbocycles. The number of hydrogen-bond donors (Lipinski definition) is 1. The highest BCUT2D eigenvalue weighted by Gasteiger charge is 2.16. The van der Waals surface area contributed by atoms with Crippen LogP contribution in [-0.4, -0.2) is 15.8 Å². The van der Waals surface area contributed by atoms with Crippen molar-refractivity contribution in [3.8, 4) is 0 Å². The van der Waals surface area contributed by atoms with Crippen LogP contribution in [0.3, 0.4) is 0 Å². The number of nitrogens with one attached hydrogen (secondary N) is 1. The number of carbonyl (C=O) groups excluding carboxylic acids is 1. The topological polar surface area (TPSA) is 62.8 Å². The molecular formula is C19H18N2O2. The Hall–Kier alpha value is -2.75. The predicted octanol–water partition coefficient (Wildman–Crippen LogP) is 3.61. The molecule has 0 spiro atoms. The molecular weight excluding hydrogens is 288 g/mol. The van der Waals surface area contributed by atoms with Crippen LogP contribution >= 0.6 is 0 Å². The van der Waals surface area contributed by atoms with E-state index in [-0.39, 0.29) is 23.0 Å². The summed E-state index contributed by atoms with van der Waals surface area (Å²) in [6.45, 7) is 3.70. The molecule has 3 aromatic rings. The minimum atomic E-state index is -0.293. The minimum Gasteiger partial charge on any atom is -0.311 e. The summed E-state index contributed by atoms with van der Waals surface area (Å²) in [5.41, 5.74) is 1.08. The van der Waals surface area contributed by atoms with Gasteiger partial charge >= 0.3 is 0 Å². The SMILES string of the molecule is Cc1nc(C(=O)C[C@H](C)c2cccc3ccccc23)cc(=O)[nH]1. The Balaban J connectivity index is 1.90. The van der Waals surface area contributed by atoms with Gasteiger partial charge in [0.2, 0.25) is 0 Å². The summed E-state index contributed by atoms with van der Waals surface area (Å²) < 4.78 is 0. The van der Waals surface area contributed by atoms with E-state index in [1.807, 2.05) is 25.1 Å². The quantitative estimate of drug-likeness (QED) is 0.749. The molecule has 0 bridgehead atoms. The van der Waals surface area contributed by atoms with Crippen molar-refractivity contribution in [1.29, 1.82) is 0 Å². The molecule has 23 heavy (non-hydrogen) atoms. The van der Waals surface area contributed by atoms with Crippen molar-refractivity contribution in [2.45, 2.75) is 26.2 Å². The van der Waals surface area contributed by atoms with E-state index >= 15 is 0 Å². The van der Waals surface area contributed by atoms with E-state index in [2.05, 4.69) is 34.2 Å². The Morgan fingerprint density at radius 1 is 1.17 bits per heavy atom. The number of hydrogen-bond acceptors (Lipinski definition) is 3. The lowest BCUT2D eigenvalue weighted by Gasteiger charge is -2.14. The molecule has 0 unspecified atom stereocenters. The number of fused-ring (bicyclic) bond motifs is 1. The highest BCUT2D eigenvalue weighted by Crippen LogP contribution is 2.28. The number of benzene rings is 2. The molecule has 1 heterocycles. The second-order valence-corrected chi connectivity index (χ2v) is 5.81. The molecule has 0 radical (unpaired) electrons. The van der Waals surface area contributed by atoms with Crippen LogP contribution in [0.2, 0.25) is 0 Å². The summed E-state index contributed by atoms with van der Waals surface area (Å²) in [7, 11) is 0. The zero-order chi connectivity index (χ0) is 16.4. The van der Waals surface area contributed by atoms with Crippen LogP contribution < -0.4 is 5.56 Å². The van der Waals surface area contributed by atoms with Crippen molar-refractivity contribution in [3.05, 3.63) is 76.0 Å². The van der Waals surface area contributed by atoms with Crippen molar-refractivity contribution >= 4 is 16.6 Å². The Morgan fingerprint density at radius 2 is 1.91 bits per heavy atom. The van der Waals surface area contributed by atoms with Crippen molar-refractivity contribution < 1.29 is 4.79 Å². The Kier molecular flexibility index (Phi) is 4.06. The van der Waals surface area contributed by atoms with Gasteiger partial charge in [-0.15, -0.1) is 0 Å². The van der Waals surface area contributed by atoms with E-state index in [0.29, 0.717) is 12.2 Å². The van der Waals surface area contributed by atoms with Gasteiger partial charge < -0.3 is 4.98 Å². The third-order valence-electron chi connectivity index (χ3n) is 3.99. The number of aromatic amines is 1. The number of ketones is 1. The number of Topliss-reactive ketones (excluding diaryl/α,β-unsaturated/α-hetero) is 1. The van der Waals surface area contributed by atoms with Crippen LogP contribution in [0.4, 0.5) is 0 Å². The molecule has 0 aliphatic heterocycles. The van der Waals surface area contributed by atoms with Gasteiger partial charge in [-0.2, -0.15) is 0 Å². The lowest BCUT2D eigenvalue weighted by Crippen LogP contribution is -2.15. The molecule has 1 aromatic heterocycles. The number of rotatable bonds is 4. The summed E-state index contributed by atoms with van der Waals surface area (Å²) in [4.78, 5) is 30.6. The highest BCUT2D eigenvalue weighted by atomic mass is 16.1. The third kappa shape index (κ3) is 3.21. The molecule has 1 N–H and O–H groups in total. The molecule has 0 amide bonds. The monoisotopic (exact) mass is 306 g/mol. The summed E-state index contributed by atoms with van der Waals surface area (Å²) in [5.74, 6) is 0.397. The van der Waals surface area contributed by atoms with Crippen LogP contribution in [0.25, 0.3) is 10.8 Å². The zero-order valence-corrected chi connectivity index (χ0v) is 13.2. The Labute approximate surface area is 134 Å². The Morgan fingerprint density at radius 3 is 2.70 bits per heavy atom. The minimum absolute atomic E-state index is 0.0509. The summed E-state index contributed by atoms with van der Waals surface area (Å²) in [5, 5.41) is 2.32. The molecule has 0 fully saturated rings. The van der Waals surface area contributed by atoms with E-state index < -0.39 is 0 Å². The normalized spacial score (nSPS) is 12.3. The predicted molar refractivity (Wildman–Crippen MR) is 90.9 cm³/mol. The maximum absolute atomic E-state index is 12.5. The van der Waals surface area contributed by atoms with E-state index in [9.17, 15) is 9.59 Å². The second kappa shape index (κ2) is 6.16. The lowest BCUT2D eigenvalue weighted by atomic mass is 9.90. The van der Waals surface area contributed by atoms with Crippen molar-refractivity contribution in [1.82, 2.24) is 9.97 Å². The first kappa shape index (κ1) is 15.2. The lowest BCUT2D eigenvalue weighted by molar-refractivity contribution is 0.0970. The maximum Gasteiger partial charge on any atom is 0.251 e. The summed E-state index contributed by atoms with van der Waals surface area (Å²) >= 11 is 0. The van der Waals surface area contributed by atoms with E-state index in [1.54, 1.807) is 6.92 Å². The van der Waals surface area contributed by atoms with Crippen molar-refractivity contribution in [3.63, 3.8) is 0 Å². The van der Waals surface area contributed by atoms with Crippen molar-refractivity contribution in [2.75, 3.05) is 0 Å². The fraction of sp³-hybridized carbons (Fsp3) is 0.211. The van der Waals surface area contributed by atoms with Crippen LogP contribution in [0.15, 0.2) is 53.3 Å². The summed E-state index contributed by atoms with van der Waals surface area (Å²) in [6, 6.07) is 15.5. The first-order valence-corrected chi connectivity index (χ1v) is 7.63. The van der Waals surface area contributed by atoms with Gasteiger partial charge in [0.1, 0.15) is 11.5 Å².